The van der Waals surface area contributed by atoms with Gasteiger partial charge in [-0.05, 0) is 36.8 Å². The molecule has 1 saturated heterocycles. The number of rotatable bonds is 6. The number of ether oxygens (including phenoxy) is 1. The second kappa shape index (κ2) is 6.68. The van der Waals surface area contributed by atoms with E-state index in [2.05, 4.69) is 24.0 Å². The van der Waals surface area contributed by atoms with Crippen LogP contribution in [-0.2, 0) is 4.74 Å². The smallest absolute Gasteiger partial charge is 0.0618 e. The van der Waals surface area contributed by atoms with Gasteiger partial charge in [-0.1, -0.05) is 6.92 Å². The van der Waals surface area contributed by atoms with Gasteiger partial charge in [0.1, 0.15) is 0 Å². The van der Waals surface area contributed by atoms with Gasteiger partial charge in [0.15, 0.2) is 0 Å². The van der Waals surface area contributed by atoms with E-state index in [9.17, 15) is 0 Å². The first-order valence-corrected chi connectivity index (χ1v) is 6.34. The van der Waals surface area contributed by atoms with Crippen molar-refractivity contribution < 1.29 is 4.74 Å². The minimum atomic E-state index is 0.583. The van der Waals surface area contributed by atoms with Gasteiger partial charge >= 0.3 is 0 Å². The van der Waals surface area contributed by atoms with Gasteiger partial charge in [-0.25, -0.2) is 0 Å². The van der Waals surface area contributed by atoms with Gasteiger partial charge in [0.2, 0.25) is 0 Å². The van der Waals surface area contributed by atoms with Gasteiger partial charge in [0.05, 0.1) is 6.61 Å². The molecule has 0 aromatic rings. The first-order chi connectivity index (χ1) is 6.38. The highest BCUT2D eigenvalue weighted by molar-refractivity contribution is 7.99. The Balaban J connectivity index is 2.26. The summed E-state index contributed by atoms with van der Waals surface area (Å²) in [6.07, 6.45) is 2.56. The Morgan fingerprint density at radius 1 is 1.62 bits per heavy atom. The van der Waals surface area contributed by atoms with Crippen molar-refractivity contribution in [2.24, 2.45) is 5.92 Å². The second-order valence-electron chi connectivity index (χ2n) is 3.64. The average molecular weight is 203 g/mol. The van der Waals surface area contributed by atoms with Gasteiger partial charge in [-0.3, -0.25) is 0 Å². The van der Waals surface area contributed by atoms with Crippen LogP contribution in [0.3, 0.4) is 0 Å². The molecule has 1 fully saturated rings. The molecule has 0 radical (unpaired) electrons. The standard InChI is InChI=1S/C10H21NOS/c1-3-5-11-10(7-12-2)9-4-6-13-8-9/h9-11H,3-8H2,1-2H3. The monoisotopic (exact) mass is 203 g/mol. The molecule has 0 amide bonds. The van der Waals surface area contributed by atoms with Crippen LogP contribution in [-0.4, -0.2) is 37.8 Å². The maximum atomic E-state index is 5.24. The molecule has 1 N–H and O–H groups in total. The molecule has 1 aliphatic rings. The highest BCUT2D eigenvalue weighted by Crippen LogP contribution is 2.26. The van der Waals surface area contributed by atoms with Crippen molar-refractivity contribution in [3.8, 4) is 0 Å². The fourth-order valence-electron chi connectivity index (χ4n) is 1.74. The maximum Gasteiger partial charge on any atom is 0.0618 e. The predicted molar refractivity (Wildman–Crippen MR) is 59.4 cm³/mol. The van der Waals surface area contributed by atoms with Crippen molar-refractivity contribution >= 4 is 11.8 Å². The summed E-state index contributed by atoms with van der Waals surface area (Å²) in [6.45, 7) is 4.20. The van der Waals surface area contributed by atoms with Gasteiger partial charge in [-0.2, -0.15) is 11.8 Å². The molecule has 78 valence electrons. The quantitative estimate of drug-likeness (QED) is 0.710. The van der Waals surface area contributed by atoms with Crippen molar-refractivity contribution in [3.05, 3.63) is 0 Å². The number of hydrogen-bond donors (Lipinski definition) is 1. The van der Waals surface area contributed by atoms with Crippen molar-refractivity contribution in [2.45, 2.75) is 25.8 Å². The Labute approximate surface area is 85.8 Å². The molecule has 0 bridgehead atoms. The van der Waals surface area contributed by atoms with Crippen molar-refractivity contribution in [1.82, 2.24) is 5.32 Å². The van der Waals surface area contributed by atoms with E-state index in [0.717, 1.165) is 19.1 Å². The molecule has 0 saturated carbocycles. The van der Waals surface area contributed by atoms with E-state index in [1.165, 1.54) is 24.3 Å². The topological polar surface area (TPSA) is 21.3 Å². The molecule has 2 atom stereocenters. The lowest BCUT2D eigenvalue weighted by atomic mass is 10.00. The highest BCUT2D eigenvalue weighted by atomic mass is 32.2. The van der Waals surface area contributed by atoms with E-state index in [-0.39, 0.29) is 0 Å². The Morgan fingerprint density at radius 2 is 2.46 bits per heavy atom. The third-order valence-corrected chi connectivity index (χ3v) is 3.72. The minimum absolute atomic E-state index is 0.583. The highest BCUT2D eigenvalue weighted by Gasteiger charge is 2.24. The summed E-state index contributed by atoms with van der Waals surface area (Å²) >= 11 is 2.07. The largest absolute Gasteiger partial charge is 0.383 e. The zero-order chi connectivity index (χ0) is 9.52. The van der Waals surface area contributed by atoms with Crippen molar-refractivity contribution in [3.63, 3.8) is 0 Å². The van der Waals surface area contributed by atoms with Crippen LogP contribution in [0, 0.1) is 5.92 Å². The fraction of sp³-hybridized carbons (Fsp3) is 1.00. The maximum absolute atomic E-state index is 5.24. The van der Waals surface area contributed by atoms with Crippen LogP contribution in [0.5, 0.6) is 0 Å². The molecule has 0 aromatic heterocycles. The molecule has 0 aliphatic carbocycles. The first kappa shape index (κ1) is 11.3. The number of hydrogen-bond acceptors (Lipinski definition) is 3. The van der Waals surface area contributed by atoms with Crippen LogP contribution in [0.4, 0.5) is 0 Å². The van der Waals surface area contributed by atoms with Crippen LogP contribution >= 0.6 is 11.8 Å². The van der Waals surface area contributed by atoms with Gasteiger partial charge in [0.25, 0.3) is 0 Å². The summed E-state index contributed by atoms with van der Waals surface area (Å²) in [7, 11) is 1.79. The van der Waals surface area contributed by atoms with Gasteiger partial charge in [0, 0.05) is 13.2 Å². The molecule has 3 heteroatoms. The third kappa shape index (κ3) is 3.88. The molecule has 1 aliphatic heterocycles. The van der Waals surface area contributed by atoms with Crippen molar-refractivity contribution in [2.75, 3.05) is 31.8 Å². The Kier molecular flexibility index (Phi) is 5.83. The molecule has 13 heavy (non-hydrogen) atoms. The third-order valence-electron chi connectivity index (χ3n) is 2.54. The number of thioether (sulfide) groups is 1. The molecule has 2 unspecified atom stereocenters. The van der Waals surface area contributed by atoms with Gasteiger partial charge in [-0.15, -0.1) is 0 Å². The molecule has 0 aromatic carbocycles. The van der Waals surface area contributed by atoms with E-state index in [1.54, 1.807) is 7.11 Å². The van der Waals surface area contributed by atoms with Crippen LogP contribution < -0.4 is 5.32 Å². The number of nitrogens with one attached hydrogen (secondary N) is 1. The average Bonchev–Trinajstić information content (AvgIpc) is 2.65. The lowest BCUT2D eigenvalue weighted by Crippen LogP contribution is -2.40. The summed E-state index contributed by atoms with van der Waals surface area (Å²) in [5.74, 6) is 3.47. The predicted octanol–water partition coefficient (Wildman–Crippen LogP) is 1.75. The Morgan fingerprint density at radius 3 is 3.00 bits per heavy atom. The van der Waals surface area contributed by atoms with E-state index >= 15 is 0 Å². The molecular formula is C10H21NOS. The van der Waals surface area contributed by atoms with Crippen LogP contribution in [0.25, 0.3) is 0 Å². The van der Waals surface area contributed by atoms with Gasteiger partial charge < -0.3 is 10.1 Å². The van der Waals surface area contributed by atoms with Crippen LogP contribution in [0.15, 0.2) is 0 Å². The van der Waals surface area contributed by atoms with Crippen LogP contribution in [0.1, 0.15) is 19.8 Å². The summed E-state index contributed by atoms with van der Waals surface area (Å²) in [5, 5.41) is 3.57. The lowest BCUT2D eigenvalue weighted by molar-refractivity contribution is 0.145. The van der Waals surface area contributed by atoms with E-state index < -0.39 is 0 Å². The fourth-order valence-corrected chi connectivity index (χ4v) is 3.08. The molecular weight excluding hydrogens is 182 g/mol. The lowest BCUT2D eigenvalue weighted by Gasteiger charge is -2.23. The van der Waals surface area contributed by atoms with E-state index in [4.69, 9.17) is 4.74 Å². The molecule has 1 heterocycles. The zero-order valence-electron chi connectivity index (χ0n) is 8.71. The normalized spacial score (nSPS) is 24.9. The number of methoxy groups -OCH3 is 1. The Hall–Kier alpha value is 0.270. The van der Waals surface area contributed by atoms with E-state index in [0.29, 0.717) is 6.04 Å². The second-order valence-corrected chi connectivity index (χ2v) is 4.79. The van der Waals surface area contributed by atoms with E-state index in [1.807, 2.05) is 0 Å². The minimum Gasteiger partial charge on any atom is -0.383 e. The van der Waals surface area contributed by atoms with Crippen molar-refractivity contribution in [1.29, 1.82) is 0 Å². The first-order valence-electron chi connectivity index (χ1n) is 5.18. The SMILES string of the molecule is CCCNC(COC)C1CCSC1. The molecule has 1 rings (SSSR count). The molecule has 0 spiro atoms. The summed E-state index contributed by atoms with van der Waals surface area (Å²) in [6, 6.07) is 0.583. The summed E-state index contributed by atoms with van der Waals surface area (Å²) < 4.78 is 5.24. The summed E-state index contributed by atoms with van der Waals surface area (Å²) in [4.78, 5) is 0. The van der Waals surface area contributed by atoms with Crippen LogP contribution in [0.2, 0.25) is 0 Å². The molecule has 2 nitrogen and oxygen atoms in total. The summed E-state index contributed by atoms with van der Waals surface area (Å²) in [5.41, 5.74) is 0. The Bertz CT molecular complexity index is 126. The zero-order valence-corrected chi connectivity index (χ0v) is 9.53.